The Morgan fingerprint density at radius 1 is 1.20 bits per heavy atom. The second-order valence-electron chi connectivity index (χ2n) is 3.84. The number of rotatable bonds is 4. The van der Waals surface area contributed by atoms with E-state index in [9.17, 15) is 22.8 Å². The highest BCUT2D eigenvalue weighted by Gasteiger charge is 2.49. The molecule has 0 bridgehead atoms. The molecule has 108 valence electrons. The third-order valence-corrected chi connectivity index (χ3v) is 2.05. The molecule has 1 aromatic carbocycles. The van der Waals surface area contributed by atoms with Crippen molar-refractivity contribution in [2.45, 2.75) is 19.2 Å². The third kappa shape index (κ3) is 4.42. The number of benzene rings is 1. The van der Waals surface area contributed by atoms with E-state index in [0.29, 0.717) is 0 Å². The molecule has 0 amide bonds. The third-order valence-electron chi connectivity index (χ3n) is 2.05. The Balaban J connectivity index is 2.86. The van der Waals surface area contributed by atoms with Crippen LogP contribution in [0.3, 0.4) is 0 Å². The van der Waals surface area contributed by atoms with Crippen molar-refractivity contribution in [1.82, 2.24) is 0 Å². The van der Waals surface area contributed by atoms with E-state index in [1.165, 1.54) is 24.3 Å². The fraction of sp³-hybridized carbons (Fsp3) is 0.231. The Hall–Kier alpha value is -2.31. The predicted octanol–water partition coefficient (Wildman–Crippen LogP) is 2.64. The van der Waals surface area contributed by atoms with Gasteiger partial charge in [0.2, 0.25) is 0 Å². The highest BCUT2D eigenvalue weighted by molar-refractivity contribution is 5.90. The first-order chi connectivity index (χ1) is 9.21. The van der Waals surface area contributed by atoms with Crippen molar-refractivity contribution < 1.29 is 32.2 Å². The molecule has 1 atom stereocenters. The molecule has 1 aromatic rings. The number of halogens is 3. The maximum atomic E-state index is 12.7. The van der Waals surface area contributed by atoms with Gasteiger partial charge in [-0.15, -0.1) is 0 Å². The normalized spacial score (nSPS) is 12.4. The van der Waals surface area contributed by atoms with Crippen molar-refractivity contribution in [2.24, 2.45) is 0 Å². The molecule has 4 nitrogen and oxygen atoms in total. The first-order valence-electron chi connectivity index (χ1n) is 5.41. The lowest BCUT2D eigenvalue weighted by Gasteiger charge is -2.19. The summed E-state index contributed by atoms with van der Waals surface area (Å²) in [5.41, 5.74) is -0.258. The first kappa shape index (κ1) is 15.7. The maximum absolute atomic E-state index is 12.7. The minimum Gasteiger partial charge on any atom is -0.437 e. The lowest BCUT2D eigenvalue weighted by atomic mass is 10.3. The first-order valence-corrected chi connectivity index (χ1v) is 5.41. The Morgan fingerprint density at radius 3 is 2.20 bits per heavy atom. The summed E-state index contributed by atoms with van der Waals surface area (Å²) in [5, 5.41) is 0. The molecular weight excluding hydrogens is 277 g/mol. The summed E-state index contributed by atoms with van der Waals surface area (Å²) in [4.78, 5) is 22.6. The molecule has 0 saturated carbocycles. The average Bonchev–Trinajstić information content (AvgIpc) is 2.35. The number of carbonyl (C=O) groups is 2. The monoisotopic (exact) mass is 288 g/mol. The van der Waals surface area contributed by atoms with Gasteiger partial charge in [0.25, 0.3) is 6.10 Å². The van der Waals surface area contributed by atoms with Crippen LogP contribution in [0.1, 0.15) is 6.92 Å². The van der Waals surface area contributed by atoms with Crippen molar-refractivity contribution in [2.75, 3.05) is 0 Å². The summed E-state index contributed by atoms with van der Waals surface area (Å²) in [7, 11) is 0. The quantitative estimate of drug-likeness (QED) is 0.485. The van der Waals surface area contributed by atoms with Crippen LogP contribution in [-0.2, 0) is 14.3 Å². The van der Waals surface area contributed by atoms with Crippen molar-refractivity contribution >= 4 is 11.9 Å². The number of hydrogen-bond acceptors (Lipinski definition) is 4. The average molecular weight is 288 g/mol. The molecule has 0 spiro atoms. The summed E-state index contributed by atoms with van der Waals surface area (Å²) in [6.07, 6.45) is -8.07. The van der Waals surface area contributed by atoms with E-state index in [0.717, 1.165) is 6.92 Å². The molecule has 20 heavy (non-hydrogen) atoms. The van der Waals surface area contributed by atoms with Gasteiger partial charge >= 0.3 is 18.1 Å². The van der Waals surface area contributed by atoms with Crippen LogP contribution < -0.4 is 4.74 Å². The van der Waals surface area contributed by atoms with E-state index in [4.69, 9.17) is 0 Å². The minimum absolute atomic E-state index is 0.0851. The van der Waals surface area contributed by atoms with Crippen molar-refractivity contribution in [1.29, 1.82) is 0 Å². The second-order valence-corrected chi connectivity index (χ2v) is 3.84. The van der Waals surface area contributed by atoms with E-state index >= 15 is 0 Å². The van der Waals surface area contributed by atoms with Crippen LogP contribution in [0.15, 0.2) is 42.5 Å². The fourth-order valence-corrected chi connectivity index (χ4v) is 1.11. The maximum Gasteiger partial charge on any atom is 0.436 e. The van der Waals surface area contributed by atoms with Gasteiger partial charge in [-0.2, -0.15) is 13.2 Å². The van der Waals surface area contributed by atoms with Gasteiger partial charge in [0.1, 0.15) is 5.75 Å². The topological polar surface area (TPSA) is 52.6 Å². The number of esters is 2. The molecule has 0 fully saturated rings. The van der Waals surface area contributed by atoms with Crippen LogP contribution in [0.25, 0.3) is 0 Å². The van der Waals surface area contributed by atoms with Crippen LogP contribution in [0.5, 0.6) is 5.75 Å². The molecule has 1 rings (SSSR count). The Bertz CT molecular complexity index is 508. The van der Waals surface area contributed by atoms with E-state index in [1.807, 2.05) is 0 Å². The molecule has 1 unspecified atom stereocenters. The summed E-state index contributed by atoms with van der Waals surface area (Å²) in [5.74, 6) is -3.13. The fourth-order valence-electron chi connectivity index (χ4n) is 1.11. The van der Waals surface area contributed by atoms with Gasteiger partial charge in [0.15, 0.2) is 0 Å². The summed E-state index contributed by atoms with van der Waals surface area (Å²) in [6.45, 7) is 4.30. The highest BCUT2D eigenvalue weighted by Crippen LogP contribution is 2.25. The molecular formula is C13H11F3O4. The molecule has 0 radical (unpaired) electrons. The Labute approximate surface area is 112 Å². The molecule has 0 aliphatic carbocycles. The Kier molecular flexibility index (Phi) is 4.90. The van der Waals surface area contributed by atoms with Crippen molar-refractivity contribution in [3.8, 4) is 5.75 Å². The van der Waals surface area contributed by atoms with Crippen molar-refractivity contribution in [3.05, 3.63) is 42.5 Å². The molecule has 0 saturated heterocycles. The number of para-hydroxylation sites is 1. The van der Waals surface area contributed by atoms with Gasteiger partial charge in [-0.05, 0) is 19.1 Å². The van der Waals surface area contributed by atoms with Crippen LogP contribution in [0, 0.1) is 0 Å². The number of ether oxygens (including phenoxy) is 2. The lowest BCUT2D eigenvalue weighted by molar-refractivity contribution is -0.224. The van der Waals surface area contributed by atoms with Crippen LogP contribution in [-0.4, -0.2) is 24.2 Å². The highest BCUT2D eigenvalue weighted by atomic mass is 19.4. The summed E-state index contributed by atoms with van der Waals surface area (Å²) < 4.78 is 46.7. The zero-order valence-corrected chi connectivity index (χ0v) is 10.4. The van der Waals surface area contributed by atoms with E-state index in [-0.39, 0.29) is 11.3 Å². The number of alkyl halides is 3. The second kappa shape index (κ2) is 6.23. The molecule has 7 heteroatoms. The molecule has 0 N–H and O–H groups in total. The van der Waals surface area contributed by atoms with Gasteiger partial charge in [0, 0.05) is 5.57 Å². The van der Waals surface area contributed by atoms with E-state index in [1.54, 1.807) is 6.07 Å². The summed E-state index contributed by atoms with van der Waals surface area (Å²) >= 11 is 0. The smallest absolute Gasteiger partial charge is 0.436 e. The van der Waals surface area contributed by atoms with Crippen molar-refractivity contribution in [3.63, 3.8) is 0 Å². The lowest BCUT2D eigenvalue weighted by Crippen LogP contribution is -2.43. The van der Waals surface area contributed by atoms with Gasteiger partial charge in [-0.1, -0.05) is 24.8 Å². The zero-order chi connectivity index (χ0) is 15.3. The van der Waals surface area contributed by atoms with E-state index < -0.39 is 24.2 Å². The Morgan fingerprint density at radius 2 is 1.75 bits per heavy atom. The molecule has 0 aliphatic heterocycles. The van der Waals surface area contributed by atoms with Gasteiger partial charge in [-0.3, -0.25) is 0 Å². The zero-order valence-electron chi connectivity index (χ0n) is 10.4. The van der Waals surface area contributed by atoms with Crippen LogP contribution in [0.2, 0.25) is 0 Å². The standard InChI is InChI=1S/C13H11F3O4/c1-8(2)11(17)20-10(13(14,15)16)12(18)19-9-6-4-3-5-7-9/h3-7,10H,1H2,2H3. The molecule has 0 aromatic heterocycles. The summed E-state index contributed by atoms with van der Waals surface area (Å²) in [6, 6.07) is 7.15. The van der Waals surface area contributed by atoms with Gasteiger partial charge in [0.05, 0.1) is 0 Å². The predicted molar refractivity (Wildman–Crippen MR) is 62.8 cm³/mol. The largest absolute Gasteiger partial charge is 0.437 e. The van der Waals surface area contributed by atoms with Crippen LogP contribution in [0.4, 0.5) is 13.2 Å². The van der Waals surface area contributed by atoms with Gasteiger partial charge < -0.3 is 9.47 Å². The van der Waals surface area contributed by atoms with E-state index in [2.05, 4.69) is 16.1 Å². The number of hydrogen-bond donors (Lipinski definition) is 0. The SMILES string of the molecule is C=C(C)C(=O)OC(C(=O)Oc1ccccc1)C(F)(F)F. The van der Waals surface area contributed by atoms with Crippen LogP contribution >= 0.6 is 0 Å². The number of carbonyl (C=O) groups excluding carboxylic acids is 2. The van der Waals surface area contributed by atoms with Gasteiger partial charge in [-0.25, -0.2) is 9.59 Å². The molecule has 0 aliphatic rings. The minimum atomic E-state index is -5.07. The molecule has 0 heterocycles.